The van der Waals surface area contributed by atoms with Crippen LogP contribution in [-0.4, -0.2) is 42.7 Å². The highest BCUT2D eigenvalue weighted by Crippen LogP contribution is 2.37. The lowest BCUT2D eigenvalue weighted by Crippen LogP contribution is -2.05. The second-order valence-electron chi connectivity index (χ2n) is 7.34. The third-order valence-corrected chi connectivity index (χ3v) is 5.11. The van der Waals surface area contributed by atoms with Gasteiger partial charge in [0, 0.05) is 29.8 Å². The van der Waals surface area contributed by atoms with Crippen LogP contribution >= 0.6 is 11.6 Å². The van der Waals surface area contributed by atoms with Crippen molar-refractivity contribution in [3.05, 3.63) is 41.7 Å². The number of nitrogens with zero attached hydrogens (tertiary/aromatic N) is 2. The van der Waals surface area contributed by atoms with Crippen molar-refractivity contribution in [3.8, 4) is 17.2 Å². The molecule has 10 heteroatoms. The van der Waals surface area contributed by atoms with Crippen molar-refractivity contribution in [2.75, 3.05) is 26.1 Å². The third-order valence-electron chi connectivity index (χ3n) is 4.88. The number of carbonyl (C=O) groups is 2. The minimum Gasteiger partial charge on any atom is -0.493 e. The van der Waals surface area contributed by atoms with Gasteiger partial charge in [-0.15, -0.1) is 0 Å². The zero-order valence-corrected chi connectivity index (χ0v) is 20.0. The lowest BCUT2D eigenvalue weighted by molar-refractivity contribution is -0.140. The zero-order chi connectivity index (χ0) is 24.5. The number of fused-ring (bicyclic) bond motifs is 1. The van der Waals surface area contributed by atoms with E-state index in [2.05, 4.69) is 20.0 Å². The molecule has 3 aromatic rings. The van der Waals surface area contributed by atoms with Gasteiger partial charge in [0.25, 0.3) is 0 Å². The summed E-state index contributed by atoms with van der Waals surface area (Å²) in [4.78, 5) is 31.3. The van der Waals surface area contributed by atoms with Gasteiger partial charge in [0.05, 0.1) is 32.0 Å². The fourth-order valence-electron chi connectivity index (χ4n) is 3.24. The lowest BCUT2D eigenvalue weighted by atomic mass is 10.2. The van der Waals surface area contributed by atoms with Gasteiger partial charge >= 0.3 is 11.9 Å². The van der Waals surface area contributed by atoms with Crippen LogP contribution in [0.15, 0.2) is 36.7 Å². The largest absolute Gasteiger partial charge is 0.493 e. The summed E-state index contributed by atoms with van der Waals surface area (Å²) in [6.07, 6.45) is 4.17. The molecule has 0 fully saturated rings. The summed E-state index contributed by atoms with van der Waals surface area (Å²) in [6, 6.07) is 8.56. The van der Waals surface area contributed by atoms with E-state index in [1.54, 1.807) is 30.3 Å². The van der Waals surface area contributed by atoms with Crippen LogP contribution in [0.1, 0.15) is 32.6 Å². The average molecular weight is 488 g/mol. The molecule has 0 aliphatic carbocycles. The number of aromatic nitrogens is 2. The van der Waals surface area contributed by atoms with E-state index in [0.717, 1.165) is 19.3 Å². The van der Waals surface area contributed by atoms with Crippen molar-refractivity contribution in [1.29, 1.82) is 0 Å². The summed E-state index contributed by atoms with van der Waals surface area (Å²) in [5, 5.41) is 4.39. The van der Waals surface area contributed by atoms with Crippen molar-refractivity contribution < 1.29 is 28.5 Å². The molecular formula is C24H26ClN3O6. The van der Waals surface area contributed by atoms with Gasteiger partial charge in [0.1, 0.15) is 17.9 Å². The molecule has 0 amide bonds. The summed E-state index contributed by atoms with van der Waals surface area (Å²) in [7, 11) is 2.87. The maximum atomic E-state index is 11.5. The number of hydrogen-bond donors (Lipinski definition) is 1. The first-order chi connectivity index (χ1) is 16.4. The van der Waals surface area contributed by atoms with Gasteiger partial charge in [-0.05, 0) is 43.5 Å². The molecule has 0 bridgehead atoms. The molecule has 0 unspecified atom stereocenters. The van der Waals surface area contributed by atoms with E-state index in [4.69, 9.17) is 25.8 Å². The Morgan fingerprint density at radius 3 is 2.56 bits per heavy atom. The molecule has 180 valence electrons. The monoisotopic (exact) mass is 487 g/mol. The quantitative estimate of drug-likeness (QED) is 0.225. The first-order valence-corrected chi connectivity index (χ1v) is 11.1. The van der Waals surface area contributed by atoms with E-state index in [9.17, 15) is 9.59 Å². The molecule has 0 saturated heterocycles. The molecule has 0 saturated carbocycles. The molecule has 1 N–H and O–H groups in total. The van der Waals surface area contributed by atoms with E-state index in [-0.39, 0.29) is 11.7 Å². The van der Waals surface area contributed by atoms with Gasteiger partial charge in [0.15, 0.2) is 11.5 Å². The van der Waals surface area contributed by atoms with Crippen LogP contribution in [-0.2, 0) is 14.3 Å². The maximum Gasteiger partial charge on any atom is 0.308 e. The van der Waals surface area contributed by atoms with Crippen LogP contribution in [0.5, 0.6) is 17.2 Å². The Morgan fingerprint density at radius 2 is 1.82 bits per heavy atom. The molecule has 0 aliphatic heterocycles. The Bertz CT molecular complexity index is 1170. The molecule has 0 aliphatic rings. The van der Waals surface area contributed by atoms with Crippen LogP contribution in [0, 0.1) is 0 Å². The van der Waals surface area contributed by atoms with E-state index < -0.39 is 5.97 Å². The summed E-state index contributed by atoms with van der Waals surface area (Å²) >= 11 is 6.22. The molecule has 0 spiro atoms. The van der Waals surface area contributed by atoms with Crippen molar-refractivity contribution in [3.63, 3.8) is 0 Å². The number of methoxy groups -OCH3 is 2. The lowest BCUT2D eigenvalue weighted by Gasteiger charge is -2.15. The van der Waals surface area contributed by atoms with Crippen LogP contribution in [0.3, 0.4) is 0 Å². The zero-order valence-electron chi connectivity index (χ0n) is 19.2. The van der Waals surface area contributed by atoms with Crippen molar-refractivity contribution in [2.24, 2.45) is 0 Å². The molecule has 34 heavy (non-hydrogen) atoms. The number of ether oxygens (including phenoxy) is 4. The smallest absolute Gasteiger partial charge is 0.308 e. The van der Waals surface area contributed by atoms with E-state index in [1.165, 1.54) is 27.5 Å². The number of hydrogen-bond acceptors (Lipinski definition) is 9. The molecule has 3 rings (SSSR count). The number of benzene rings is 2. The van der Waals surface area contributed by atoms with E-state index in [1.807, 2.05) is 0 Å². The Kier molecular flexibility index (Phi) is 8.86. The van der Waals surface area contributed by atoms with Crippen LogP contribution in [0.4, 0.5) is 11.5 Å². The van der Waals surface area contributed by atoms with Crippen LogP contribution in [0.25, 0.3) is 10.9 Å². The van der Waals surface area contributed by atoms with Crippen molar-refractivity contribution in [1.82, 2.24) is 9.97 Å². The number of anilines is 2. The Balaban J connectivity index is 1.79. The SMILES string of the molecule is COC(=O)CCCCCOc1ccc(Cl)cc1Nc1ncnc2cc(OC)c(OC(C)=O)cc12. The number of nitrogens with one attached hydrogen (secondary N) is 1. The van der Waals surface area contributed by atoms with Crippen molar-refractivity contribution in [2.45, 2.75) is 32.6 Å². The van der Waals surface area contributed by atoms with Gasteiger partial charge in [-0.25, -0.2) is 9.97 Å². The second-order valence-corrected chi connectivity index (χ2v) is 7.77. The van der Waals surface area contributed by atoms with Crippen LogP contribution in [0.2, 0.25) is 5.02 Å². The molecule has 9 nitrogen and oxygen atoms in total. The van der Waals surface area contributed by atoms with E-state index >= 15 is 0 Å². The highest BCUT2D eigenvalue weighted by atomic mass is 35.5. The molecule has 1 heterocycles. The number of carbonyl (C=O) groups excluding carboxylic acids is 2. The standard InChI is InChI=1S/C24H26ClN3O6/c1-15(29)34-22-12-17-18(13-21(22)31-2)26-14-27-24(17)28-19-11-16(25)8-9-20(19)33-10-6-4-5-7-23(30)32-3/h8-9,11-14H,4-7,10H2,1-3H3,(H,26,27,28). The minimum atomic E-state index is -0.471. The highest BCUT2D eigenvalue weighted by molar-refractivity contribution is 6.31. The Hall–Kier alpha value is -3.59. The van der Waals surface area contributed by atoms with E-state index in [0.29, 0.717) is 52.0 Å². The molecule has 2 aromatic carbocycles. The first kappa shape index (κ1) is 25.0. The van der Waals surface area contributed by atoms with Gasteiger partial charge in [-0.3, -0.25) is 9.59 Å². The molecule has 0 atom stereocenters. The maximum absolute atomic E-state index is 11.5. The average Bonchev–Trinajstić information content (AvgIpc) is 2.81. The number of rotatable bonds is 11. The molecular weight excluding hydrogens is 462 g/mol. The fraction of sp³-hybridized carbons (Fsp3) is 0.333. The van der Waals surface area contributed by atoms with Crippen LogP contribution < -0.4 is 19.5 Å². The molecule has 0 radical (unpaired) electrons. The van der Waals surface area contributed by atoms with Gasteiger partial charge in [0.2, 0.25) is 0 Å². The predicted molar refractivity (Wildman–Crippen MR) is 128 cm³/mol. The summed E-state index contributed by atoms with van der Waals surface area (Å²) in [5.74, 6) is 1.03. The Labute approximate surface area is 202 Å². The normalized spacial score (nSPS) is 10.6. The van der Waals surface area contributed by atoms with Gasteiger partial charge < -0.3 is 24.3 Å². The predicted octanol–water partition coefficient (Wildman–Crippen LogP) is 5.07. The topological polar surface area (TPSA) is 109 Å². The number of unbranched alkanes of at least 4 members (excludes halogenated alkanes) is 2. The summed E-state index contributed by atoms with van der Waals surface area (Å²) < 4.78 is 21.2. The van der Waals surface area contributed by atoms with Crippen molar-refractivity contribution >= 4 is 45.9 Å². The number of esters is 2. The highest BCUT2D eigenvalue weighted by Gasteiger charge is 2.15. The number of halogens is 1. The molecule has 1 aromatic heterocycles. The Morgan fingerprint density at radius 1 is 1.00 bits per heavy atom. The first-order valence-electron chi connectivity index (χ1n) is 10.7. The van der Waals surface area contributed by atoms with Gasteiger partial charge in [-0.1, -0.05) is 11.6 Å². The summed E-state index contributed by atoms with van der Waals surface area (Å²) in [5.41, 5.74) is 1.22. The fourth-order valence-corrected chi connectivity index (χ4v) is 3.42. The summed E-state index contributed by atoms with van der Waals surface area (Å²) in [6.45, 7) is 1.78. The minimum absolute atomic E-state index is 0.211. The third kappa shape index (κ3) is 6.71. The van der Waals surface area contributed by atoms with Gasteiger partial charge in [-0.2, -0.15) is 0 Å². The second kappa shape index (κ2) is 12.0.